The SMILES string of the molecule is C=C1C(=O)O[C@@H]2/C=C(\C)CC[C@@H](OO)C(=C)C[C@@H](OC(C)=O)[C@@H]12. The van der Waals surface area contributed by atoms with Gasteiger partial charge >= 0.3 is 11.9 Å². The van der Waals surface area contributed by atoms with Gasteiger partial charge in [0.05, 0.1) is 5.92 Å². The van der Waals surface area contributed by atoms with Gasteiger partial charge < -0.3 is 9.47 Å². The van der Waals surface area contributed by atoms with Crippen LogP contribution in [0.1, 0.15) is 33.1 Å². The molecule has 0 aromatic rings. The van der Waals surface area contributed by atoms with Gasteiger partial charge in [0.1, 0.15) is 18.3 Å². The molecule has 1 aliphatic heterocycles. The summed E-state index contributed by atoms with van der Waals surface area (Å²) in [5, 5.41) is 9.09. The number of carbonyl (C=O) groups is 2. The molecule has 1 fully saturated rings. The van der Waals surface area contributed by atoms with Crippen molar-refractivity contribution in [2.75, 3.05) is 0 Å². The molecule has 0 radical (unpaired) electrons. The minimum atomic E-state index is -0.649. The first-order chi connectivity index (χ1) is 10.8. The van der Waals surface area contributed by atoms with Crippen molar-refractivity contribution in [2.24, 2.45) is 5.92 Å². The molecule has 0 aromatic heterocycles. The molecule has 0 saturated carbocycles. The van der Waals surface area contributed by atoms with E-state index in [4.69, 9.17) is 14.7 Å². The molecule has 1 aliphatic carbocycles. The first kappa shape index (κ1) is 17.4. The van der Waals surface area contributed by atoms with Crippen LogP contribution in [0.3, 0.4) is 0 Å². The van der Waals surface area contributed by atoms with Crippen LogP contribution < -0.4 is 0 Å². The highest BCUT2D eigenvalue weighted by Gasteiger charge is 2.44. The lowest BCUT2D eigenvalue weighted by Gasteiger charge is -2.29. The Morgan fingerprint density at radius 3 is 2.74 bits per heavy atom. The zero-order valence-corrected chi connectivity index (χ0v) is 13.4. The number of hydrogen-bond acceptors (Lipinski definition) is 6. The lowest BCUT2D eigenvalue weighted by molar-refractivity contribution is -0.270. The molecule has 0 amide bonds. The van der Waals surface area contributed by atoms with Crippen molar-refractivity contribution in [2.45, 2.75) is 51.4 Å². The Morgan fingerprint density at radius 2 is 2.13 bits per heavy atom. The summed E-state index contributed by atoms with van der Waals surface area (Å²) in [5.41, 5.74) is 1.86. The van der Waals surface area contributed by atoms with Gasteiger partial charge in [-0.25, -0.2) is 9.68 Å². The molecule has 126 valence electrons. The van der Waals surface area contributed by atoms with Crippen LogP contribution in [0.2, 0.25) is 0 Å². The van der Waals surface area contributed by atoms with Crippen LogP contribution in [0, 0.1) is 5.92 Å². The number of ether oxygens (including phenoxy) is 2. The summed E-state index contributed by atoms with van der Waals surface area (Å²) in [5.74, 6) is -1.43. The Balaban J connectivity index is 2.40. The zero-order valence-electron chi connectivity index (χ0n) is 13.4. The summed E-state index contributed by atoms with van der Waals surface area (Å²) in [6.45, 7) is 10.9. The second-order valence-corrected chi connectivity index (χ2v) is 6.08. The molecule has 23 heavy (non-hydrogen) atoms. The van der Waals surface area contributed by atoms with Crippen molar-refractivity contribution < 1.29 is 29.2 Å². The van der Waals surface area contributed by atoms with Crippen LogP contribution >= 0.6 is 0 Å². The molecule has 6 heteroatoms. The predicted molar refractivity (Wildman–Crippen MR) is 82.3 cm³/mol. The Hall–Kier alpha value is -1.92. The molecule has 4 atom stereocenters. The van der Waals surface area contributed by atoms with Crippen LogP contribution in [0.15, 0.2) is 36.0 Å². The smallest absolute Gasteiger partial charge is 0.334 e. The van der Waals surface area contributed by atoms with E-state index >= 15 is 0 Å². The zero-order chi connectivity index (χ0) is 17.1. The summed E-state index contributed by atoms with van der Waals surface area (Å²) in [6.07, 6.45) is 1.59. The van der Waals surface area contributed by atoms with Crippen LogP contribution in [-0.4, -0.2) is 35.5 Å². The summed E-state index contributed by atoms with van der Waals surface area (Å²) >= 11 is 0. The Kier molecular flexibility index (Phi) is 5.38. The molecule has 6 nitrogen and oxygen atoms in total. The molecule has 1 saturated heterocycles. The Morgan fingerprint density at radius 1 is 1.43 bits per heavy atom. The maximum absolute atomic E-state index is 11.9. The fourth-order valence-corrected chi connectivity index (χ4v) is 3.08. The number of rotatable bonds is 2. The van der Waals surface area contributed by atoms with Crippen molar-refractivity contribution in [1.29, 1.82) is 0 Å². The molecule has 0 bridgehead atoms. The topological polar surface area (TPSA) is 82.1 Å². The molecule has 2 rings (SSSR count). The average molecular weight is 322 g/mol. The highest BCUT2D eigenvalue weighted by molar-refractivity contribution is 5.91. The van der Waals surface area contributed by atoms with Crippen molar-refractivity contribution in [1.82, 2.24) is 0 Å². The summed E-state index contributed by atoms with van der Waals surface area (Å²) in [4.78, 5) is 27.9. The lowest BCUT2D eigenvalue weighted by atomic mass is 9.84. The van der Waals surface area contributed by atoms with E-state index in [1.165, 1.54) is 6.92 Å². The normalized spacial score (nSPS) is 34.2. The van der Waals surface area contributed by atoms with E-state index < -0.39 is 36.2 Å². The van der Waals surface area contributed by atoms with Gasteiger partial charge in [-0.05, 0) is 31.4 Å². The number of allylic oxidation sites excluding steroid dienone is 1. The molecule has 0 unspecified atom stereocenters. The van der Waals surface area contributed by atoms with Crippen LogP contribution in [0.25, 0.3) is 0 Å². The maximum Gasteiger partial charge on any atom is 0.334 e. The Bertz CT molecular complexity index is 561. The summed E-state index contributed by atoms with van der Waals surface area (Å²) in [7, 11) is 0. The van der Waals surface area contributed by atoms with E-state index in [0.29, 0.717) is 18.4 Å². The number of hydrogen-bond donors (Lipinski definition) is 1. The fraction of sp³-hybridized carbons (Fsp3) is 0.529. The first-order valence-electron chi connectivity index (χ1n) is 7.55. The van der Waals surface area contributed by atoms with E-state index in [-0.39, 0.29) is 12.0 Å². The van der Waals surface area contributed by atoms with E-state index in [1.54, 1.807) is 0 Å². The monoisotopic (exact) mass is 322 g/mol. The van der Waals surface area contributed by atoms with Gasteiger partial charge in [0.25, 0.3) is 0 Å². The van der Waals surface area contributed by atoms with E-state index in [0.717, 1.165) is 5.57 Å². The third-order valence-corrected chi connectivity index (χ3v) is 4.28. The maximum atomic E-state index is 11.9. The molecule has 0 aromatic carbocycles. The van der Waals surface area contributed by atoms with Gasteiger partial charge in [-0.1, -0.05) is 18.7 Å². The average Bonchev–Trinajstić information content (AvgIpc) is 2.72. The van der Waals surface area contributed by atoms with Gasteiger partial charge in [-0.15, -0.1) is 0 Å². The van der Waals surface area contributed by atoms with Gasteiger partial charge in [0.2, 0.25) is 0 Å². The van der Waals surface area contributed by atoms with Crippen molar-refractivity contribution >= 4 is 11.9 Å². The number of fused-ring (bicyclic) bond motifs is 1. The minimum Gasteiger partial charge on any atom is -0.461 e. The van der Waals surface area contributed by atoms with Gasteiger partial charge in [-0.3, -0.25) is 10.1 Å². The second kappa shape index (κ2) is 7.10. The van der Waals surface area contributed by atoms with Crippen LogP contribution in [0.5, 0.6) is 0 Å². The highest BCUT2D eigenvalue weighted by Crippen LogP contribution is 2.37. The van der Waals surface area contributed by atoms with Crippen LogP contribution in [0.4, 0.5) is 0 Å². The van der Waals surface area contributed by atoms with Crippen LogP contribution in [-0.2, 0) is 24.0 Å². The quantitative estimate of drug-likeness (QED) is 0.277. The van der Waals surface area contributed by atoms with E-state index in [2.05, 4.69) is 18.0 Å². The highest BCUT2D eigenvalue weighted by atomic mass is 17.1. The third-order valence-electron chi connectivity index (χ3n) is 4.28. The van der Waals surface area contributed by atoms with Gasteiger partial charge in [-0.2, -0.15) is 0 Å². The molecule has 0 spiro atoms. The molecule has 1 heterocycles. The largest absolute Gasteiger partial charge is 0.461 e. The van der Waals surface area contributed by atoms with Crippen molar-refractivity contribution in [3.63, 3.8) is 0 Å². The third kappa shape index (κ3) is 3.89. The molecular formula is C17H22O6. The summed E-state index contributed by atoms with van der Waals surface area (Å²) < 4.78 is 10.8. The minimum absolute atomic E-state index is 0.258. The molecule has 2 aliphatic rings. The fourth-order valence-electron chi connectivity index (χ4n) is 3.08. The standard InChI is InChI=1S/C17H22O6/c1-9-5-6-13(23-20)10(2)8-15(21-12(4)18)16-11(3)17(19)22-14(16)7-9/h7,13-16,20H,2-3,5-6,8H2,1,4H3/b9-7+/t13-,14-,15-,16+/m1/s1. The predicted octanol–water partition coefficient (Wildman–Crippen LogP) is 2.56. The van der Waals surface area contributed by atoms with E-state index in [9.17, 15) is 9.59 Å². The van der Waals surface area contributed by atoms with Crippen molar-refractivity contribution in [3.8, 4) is 0 Å². The number of esters is 2. The lowest BCUT2D eigenvalue weighted by Crippen LogP contribution is -2.34. The number of carbonyl (C=O) groups excluding carboxylic acids is 2. The summed E-state index contributed by atoms with van der Waals surface area (Å²) in [6, 6.07) is 0. The Labute approximate surface area is 135 Å². The van der Waals surface area contributed by atoms with Crippen molar-refractivity contribution in [3.05, 3.63) is 36.0 Å². The molecule has 1 N–H and O–H groups in total. The molecular weight excluding hydrogens is 300 g/mol. The second-order valence-electron chi connectivity index (χ2n) is 6.08. The van der Waals surface area contributed by atoms with Gasteiger partial charge in [0.15, 0.2) is 0 Å². The van der Waals surface area contributed by atoms with E-state index in [1.807, 2.05) is 13.0 Å². The first-order valence-corrected chi connectivity index (χ1v) is 7.55. The van der Waals surface area contributed by atoms with Gasteiger partial charge in [0, 0.05) is 18.9 Å².